The predicted octanol–water partition coefficient (Wildman–Crippen LogP) is 0.597. The van der Waals surface area contributed by atoms with E-state index in [0.29, 0.717) is 0 Å². The van der Waals surface area contributed by atoms with Crippen LogP contribution in [0.3, 0.4) is 0 Å². The zero-order chi connectivity index (χ0) is 10.7. The minimum atomic E-state index is -2.14. The average molecular weight is 217 g/mol. The number of hydrogen-bond acceptors (Lipinski definition) is 5. The molecule has 0 saturated carbocycles. The van der Waals surface area contributed by atoms with E-state index >= 15 is 0 Å². The van der Waals surface area contributed by atoms with Crippen molar-refractivity contribution < 1.29 is 19.6 Å². The Balaban J connectivity index is 3.15. The molecule has 74 valence electrons. The lowest BCUT2D eigenvalue weighted by Crippen LogP contribution is -2.21. The highest BCUT2D eigenvalue weighted by atomic mass is 35.5. The Morgan fingerprint density at radius 1 is 1.50 bits per heavy atom. The molecule has 0 aliphatic heterocycles. The molecule has 0 aliphatic rings. The molecule has 0 heterocycles. The first-order valence-electron chi connectivity index (χ1n) is 3.48. The van der Waals surface area contributed by atoms with Gasteiger partial charge < -0.3 is 14.7 Å². The van der Waals surface area contributed by atoms with Crippen molar-refractivity contribution in [3.05, 3.63) is 33.3 Å². The number of nitrogens with zero attached hydrogens (tertiary/aromatic N) is 1. The van der Waals surface area contributed by atoms with Gasteiger partial charge in [-0.3, -0.25) is 10.1 Å². The van der Waals surface area contributed by atoms with Gasteiger partial charge in [-0.2, -0.15) is 0 Å². The highest BCUT2D eigenvalue weighted by Crippen LogP contribution is 2.34. The van der Waals surface area contributed by atoms with E-state index in [1.807, 2.05) is 0 Å². The summed E-state index contributed by atoms with van der Waals surface area (Å²) in [6.45, 7) is 0. The Kier molecular flexibility index (Phi) is 3.29. The Bertz CT molecular complexity index is 358. The predicted molar refractivity (Wildman–Crippen MR) is 48.9 cm³/mol. The van der Waals surface area contributed by atoms with E-state index < -0.39 is 17.9 Å². The molecular weight excluding hydrogens is 212 g/mol. The summed E-state index contributed by atoms with van der Waals surface area (Å²) < 4.78 is 4.37. The van der Waals surface area contributed by atoms with Crippen LogP contribution in [0.25, 0.3) is 0 Å². The SMILES string of the molecule is O=[N+]([O-])c1cccc(Cl)c1OB(O)O. The number of benzene rings is 1. The van der Waals surface area contributed by atoms with E-state index in [1.165, 1.54) is 12.1 Å². The Labute approximate surface area is 84.0 Å². The van der Waals surface area contributed by atoms with Gasteiger partial charge in [0.1, 0.15) is 0 Å². The van der Waals surface area contributed by atoms with Crippen LogP contribution in [0.5, 0.6) is 5.75 Å². The van der Waals surface area contributed by atoms with Crippen LogP contribution in [-0.4, -0.2) is 22.3 Å². The van der Waals surface area contributed by atoms with Gasteiger partial charge in [0.15, 0.2) is 0 Å². The molecule has 8 heteroatoms. The topological polar surface area (TPSA) is 92.8 Å². The molecule has 0 spiro atoms. The smallest absolute Gasteiger partial charge is 0.506 e. The first-order chi connectivity index (χ1) is 6.52. The minimum Gasteiger partial charge on any atom is -0.506 e. The van der Waals surface area contributed by atoms with Gasteiger partial charge in [-0.1, -0.05) is 17.7 Å². The van der Waals surface area contributed by atoms with Crippen LogP contribution in [-0.2, 0) is 0 Å². The summed E-state index contributed by atoms with van der Waals surface area (Å²) in [5.74, 6) is -0.367. The molecule has 1 aromatic rings. The maximum absolute atomic E-state index is 10.5. The van der Waals surface area contributed by atoms with E-state index in [9.17, 15) is 10.1 Å². The van der Waals surface area contributed by atoms with Crippen molar-refractivity contribution in [2.45, 2.75) is 0 Å². The maximum atomic E-state index is 10.5. The number of rotatable bonds is 3. The molecule has 0 amide bonds. The van der Waals surface area contributed by atoms with Crippen LogP contribution in [0.1, 0.15) is 0 Å². The molecule has 0 saturated heterocycles. The molecule has 0 bridgehead atoms. The fourth-order valence-corrected chi connectivity index (χ4v) is 1.08. The van der Waals surface area contributed by atoms with Crippen LogP contribution in [0.4, 0.5) is 5.69 Å². The van der Waals surface area contributed by atoms with Gasteiger partial charge in [0.2, 0.25) is 5.75 Å². The average Bonchev–Trinajstić information content (AvgIpc) is 2.07. The van der Waals surface area contributed by atoms with Gasteiger partial charge in [-0.15, -0.1) is 0 Å². The highest BCUT2D eigenvalue weighted by Gasteiger charge is 2.23. The molecular formula is C6H5BClNO5. The summed E-state index contributed by atoms with van der Waals surface area (Å²) in [5.41, 5.74) is -0.425. The lowest BCUT2D eigenvalue weighted by Gasteiger charge is -2.06. The molecule has 0 atom stereocenters. The van der Waals surface area contributed by atoms with Gasteiger partial charge in [0.25, 0.3) is 0 Å². The fraction of sp³-hybridized carbons (Fsp3) is 0. The number of halogens is 1. The van der Waals surface area contributed by atoms with Crippen LogP contribution in [0, 0.1) is 10.1 Å². The lowest BCUT2D eigenvalue weighted by atomic mass is 10.2. The van der Waals surface area contributed by atoms with Crippen molar-refractivity contribution in [3.8, 4) is 5.75 Å². The van der Waals surface area contributed by atoms with Crippen LogP contribution in [0.15, 0.2) is 18.2 Å². The number of hydrogen-bond donors (Lipinski definition) is 2. The van der Waals surface area contributed by atoms with Gasteiger partial charge >= 0.3 is 13.0 Å². The molecule has 2 N–H and O–H groups in total. The second-order valence-corrected chi connectivity index (χ2v) is 2.70. The summed E-state index contributed by atoms with van der Waals surface area (Å²) in [7, 11) is -2.14. The second-order valence-electron chi connectivity index (χ2n) is 2.29. The Morgan fingerprint density at radius 3 is 2.64 bits per heavy atom. The van der Waals surface area contributed by atoms with Crippen molar-refractivity contribution in [2.24, 2.45) is 0 Å². The van der Waals surface area contributed by atoms with E-state index in [-0.39, 0.29) is 10.8 Å². The zero-order valence-electron chi connectivity index (χ0n) is 6.75. The molecule has 0 radical (unpaired) electrons. The van der Waals surface area contributed by atoms with Gasteiger partial charge in [-0.05, 0) is 6.07 Å². The summed E-state index contributed by atoms with van der Waals surface area (Å²) in [4.78, 5) is 9.73. The van der Waals surface area contributed by atoms with E-state index in [4.69, 9.17) is 21.6 Å². The fourth-order valence-electron chi connectivity index (χ4n) is 0.863. The normalized spacial score (nSPS) is 9.64. The Morgan fingerprint density at radius 2 is 2.14 bits per heavy atom. The summed E-state index contributed by atoms with van der Waals surface area (Å²) in [6, 6.07) is 3.84. The Hall–Kier alpha value is -1.31. The number of nitro benzene ring substituents is 1. The highest BCUT2D eigenvalue weighted by molar-refractivity contribution is 6.36. The molecule has 0 aliphatic carbocycles. The monoisotopic (exact) mass is 217 g/mol. The van der Waals surface area contributed by atoms with Crippen LogP contribution >= 0.6 is 11.6 Å². The summed E-state index contributed by atoms with van der Waals surface area (Å²) in [5, 5.41) is 27.4. The van der Waals surface area contributed by atoms with Crippen molar-refractivity contribution in [2.75, 3.05) is 0 Å². The molecule has 0 unspecified atom stereocenters. The first kappa shape index (κ1) is 10.8. The molecule has 1 rings (SSSR count). The molecule has 0 aromatic heterocycles. The summed E-state index contributed by atoms with van der Waals surface area (Å²) >= 11 is 5.57. The van der Waals surface area contributed by atoms with Crippen molar-refractivity contribution in [3.63, 3.8) is 0 Å². The van der Waals surface area contributed by atoms with Crippen molar-refractivity contribution in [1.29, 1.82) is 0 Å². The second kappa shape index (κ2) is 4.27. The first-order valence-corrected chi connectivity index (χ1v) is 3.86. The minimum absolute atomic E-state index is 0.0627. The lowest BCUT2D eigenvalue weighted by molar-refractivity contribution is -0.385. The van der Waals surface area contributed by atoms with Crippen molar-refractivity contribution >= 4 is 24.6 Å². The molecule has 1 aromatic carbocycles. The summed E-state index contributed by atoms with van der Waals surface area (Å²) in [6.07, 6.45) is 0. The van der Waals surface area contributed by atoms with Gasteiger partial charge in [0.05, 0.1) is 9.95 Å². The van der Waals surface area contributed by atoms with Crippen LogP contribution < -0.4 is 4.65 Å². The molecule has 14 heavy (non-hydrogen) atoms. The third kappa shape index (κ3) is 2.35. The van der Waals surface area contributed by atoms with E-state index in [0.717, 1.165) is 6.07 Å². The molecule has 6 nitrogen and oxygen atoms in total. The van der Waals surface area contributed by atoms with Crippen molar-refractivity contribution in [1.82, 2.24) is 0 Å². The number of nitro groups is 1. The maximum Gasteiger partial charge on any atom is 0.707 e. The third-order valence-electron chi connectivity index (χ3n) is 1.37. The molecule has 0 fully saturated rings. The zero-order valence-corrected chi connectivity index (χ0v) is 7.51. The van der Waals surface area contributed by atoms with Gasteiger partial charge in [0, 0.05) is 6.07 Å². The standard InChI is InChI=1S/C6H5BClNO5/c8-4-2-1-3-5(9(12)13)6(4)14-7(10)11/h1-3,10-11H. The van der Waals surface area contributed by atoms with E-state index in [2.05, 4.69) is 4.65 Å². The van der Waals surface area contributed by atoms with E-state index in [1.54, 1.807) is 0 Å². The van der Waals surface area contributed by atoms with Crippen LogP contribution in [0.2, 0.25) is 5.02 Å². The number of para-hydroxylation sites is 1. The largest absolute Gasteiger partial charge is 0.707 e. The quantitative estimate of drug-likeness (QED) is 0.439. The third-order valence-corrected chi connectivity index (χ3v) is 1.66. The van der Waals surface area contributed by atoms with Gasteiger partial charge in [-0.25, -0.2) is 0 Å².